The lowest BCUT2D eigenvalue weighted by atomic mass is 9.32. The van der Waals surface area contributed by atoms with Gasteiger partial charge in [0.2, 0.25) is 0 Å². The molecule has 0 amide bonds. The molecule has 0 bridgehead atoms. The van der Waals surface area contributed by atoms with Crippen molar-refractivity contribution >= 4 is 0 Å². The number of rotatable bonds is 1. The highest BCUT2D eigenvalue weighted by molar-refractivity contribution is 5.20. The molecule has 0 aliphatic heterocycles. The molecule has 0 nitrogen and oxygen atoms in total. The van der Waals surface area contributed by atoms with E-state index in [1.54, 1.807) is 0 Å². The molecule has 0 N–H and O–H groups in total. The summed E-state index contributed by atoms with van der Waals surface area (Å²) in [5.41, 5.74) is 4.26. The second-order valence-electron chi connectivity index (χ2n) is 14.6. The SMILES string of the molecule is C=C(C)C1CC[C@]2(C)[C@H]3CC[C@@H]4[C@@]5(C)CCCC(C)(C)[C@@H]5CC[C@@]4(C)[C@]3(C)CC[C@@H]12. The third kappa shape index (κ3) is 2.46. The van der Waals surface area contributed by atoms with Gasteiger partial charge >= 0.3 is 0 Å². The maximum absolute atomic E-state index is 4.43. The Labute approximate surface area is 188 Å². The third-order valence-electron chi connectivity index (χ3n) is 13.3. The van der Waals surface area contributed by atoms with Crippen molar-refractivity contribution < 1.29 is 0 Å². The number of fused-ring (bicyclic) bond motifs is 7. The van der Waals surface area contributed by atoms with Crippen LogP contribution in [0.15, 0.2) is 12.2 Å². The van der Waals surface area contributed by atoms with Gasteiger partial charge in [0, 0.05) is 0 Å². The molecule has 0 heteroatoms. The van der Waals surface area contributed by atoms with Gasteiger partial charge in [-0.2, -0.15) is 0 Å². The standard InChI is InChI=1S/C30H50/c1-20(2)21-12-17-27(5)22(21)13-18-29(7)24(27)10-11-25-28(6)16-9-15-26(3,4)23(28)14-19-30(25,29)8/h21-25H,1,9-19H2,2-8H3/t21?,22-,23-,24+,25+,27-,28-,29+,30+/m0/s1. The third-order valence-corrected chi connectivity index (χ3v) is 13.3. The maximum atomic E-state index is 4.43. The molecule has 0 aromatic rings. The topological polar surface area (TPSA) is 0 Å². The Morgan fingerprint density at radius 3 is 1.87 bits per heavy atom. The highest BCUT2D eigenvalue weighted by Gasteiger charge is 2.70. The molecular formula is C30H50. The molecule has 0 radical (unpaired) electrons. The molecular weight excluding hydrogens is 360 g/mol. The smallest absolute Gasteiger partial charge is 0.0175 e. The predicted octanol–water partition coefficient (Wildman–Crippen LogP) is 9.05. The number of hydrogen-bond acceptors (Lipinski definition) is 0. The summed E-state index contributed by atoms with van der Waals surface area (Å²) in [6.45, 7) is 23.0. The second-order valence-corrected chi connectivity index (χ2v) is 14.6. The van der Waals surface area contributed by atoms with Crippen LogP contribution in [0.1, 0.15) is 119 Å². The van der Waals surface area contributed by atoms with Crippen molar-refractivity contribution in [3.63, 3.8) is 0 Å². The van der Waals surface area contributed by atoms with Crippen LogP contribution < -0.4 is 0 Å². The van der Waals surface area contributed by atoms with Crippen molar-refractivity contribution in [3.05, 3.63) is 12.2 Å². The summed E-state index contributed by atoms with van der Waals surface area (Å²) in [4.78, 5) is 0. The average Bonchev–Trinajstić information content (AvgIpc) is 2.99. The summed E-state index contributed by atoms with van der Waals surface area (Å²) in [6.07, 6.45) is 16.3. The van der Waals surface area contributed by atoms with Crippen LogP contribution in [0.2, 0.25) is 0 Å². The van der Waals surface area contributed by atoms with Gasteiger partial charge in [0.15, 0.2) is 0 Å². The highest BCUT2D eigenvalue weighted by Crippen LogP contribution is 2.77. The summed E-state index contributed by atoms with van der Waals surface area (Å²) in [7, 11) is 0. The summed E-state index contributed by atoms with van der Waals surface area (Å²) < 4.78 is 0. The Kier molecular flexibility index (Phi) is 4.61. The van der Waals surface area contributed by atoms with Crippen molar-refractivity contribution in [1.82, 2.24) is 0 Å². The Morgan fingerprint density at radius 1 is 0.633 bits per heavy atom. The first-order valence-electron chi connectivity index (χ1n) is 13.6. The zero-order chi connectivity index (χ0) is 21.7. The van der Waals surface area contributed by atoms with Crippen molar-refractivity contribution in [1.29, 1.82) is 0 Å². The van der Waals surface area contributed by atoms with Crippen LogP contribution in [0.25, 0.3) is 0 Å². The minimum atomic E-state index is 0.542. The lowest BCUT2D eigenvalue weighted by molar-refractivity contribution is -0.240. The molecule has 5 fully saturated rings. The molecule has 9 atom stereocenters. The number of hydrogen-bond donors (Lipinski definition) is 0. The molecule has 0 spiro atoms. The van der Waals surface area contributed by atoms with Crippen molar-refractivity contribution in [2.24, 2.45) is 56.7 Å². The lowest BCUT2D eigenvalue weighted by Crippen LogP contribution is -2.65. The normalized spacial score (nSPS) is 57.0. The van der Waals surface area contributed by atoms with E-state index in [1.165, 1.54) is 76.2 Å². The van der Waals surface area contributed by atoms with Crippen LogP contribution in [0.5, 0.6) is 0 Å². The molecule has 0 saturated heterocycles. The first-order valence-corrected chi connectivity index (χ1v) is 13.6. The fraction of sp³-hybridized carbons (Fsp3) is 0.933. The van der Waals surface area contributed by atoms with Gasteiger partial charge in [-0.3, -0.25) is 0 Å². The van der Waals surface area contributed by atoms with Crippen molar-refractivity contribution in [2.75, 3.05) is 0 Å². The van der Waals surface area contributed by atoms with E-state index in [9.17, 15) is 0 Å². The minimum absolute atomic E-state index is 0.542. The summed E-state index contributed by atoms with van der Waals surface area (Å²) in [6, 6.07) is 0. The zero-order valence-electron chi connectivity index (χ0n) is 21.4. The van der Waals surface area contributed by atoms with Gasteiger partial charge in [-0.15, -0.1) is 0 Å². The van der Waals surface area contributed by atoms with E-state index in [1.807, 2.05) is 0 Å². The van der Waals surface area contributed by atoms with Crippen LogP contribution in [-0.2, 0) is 0 Å². The first kappa shape index (κ1) is 21.6. The Bertz CT molecular complexity index is 730. The van der Waals surface area contributed by atoms with Gasteiger partial charge in [-0.25, -0.2) is 0 Å². The van der Waals surface area contributed by atoms with Crippen LogP contribution in [-0.4, -0.2) is 0 Å². The molecule has 5 saturated carbocycles. The predicted molar refractivity (Wildman–Crippen MR) is 129 cm³/mol. The molecule has 5 aliphatic rings. The van der Waals surface area contributed by atoms with E-state index in [0.717, 1.165) is 29.6 Å². The Morgan fingerprint density at radius 2 is 1.23 bits per heavy atom. The quantitative estimate of drug-likeness (QED) is 0.378. The van der Waals surface area contributed by atoms with Crippen LogP contribution in [0.3, 0.4) is 0 Å². The van der Waals surface area contributed by atoms with E-state index in [-0.39, 0.29) is 0 Å². The van der Waals surface area contributed by atoms with E-state index >= 15 is 0 Å². The molecule has 0 aromatic carbocycles. The van der Waals surface area contributed by atoms with Gasteiger partial charge in [0.25, 0.3) is 0 Å². The molecule has 1 unspecified atom stereocenters. The maximum Gasteiger partial charge on any atom is -0.0175 e. The van der Waals surface area contributed by atoms with Crippen molar-refractivity contribution in [3.8, 4) is 0 Å². The summed E-state index contributed by atoms with van der Waals surface area (Å²) in [5, 5.41) is 0. The monoisotopic (exact) mass is 410 g/mol. The van der Waals surface area contributed by atoms with E-state index < -0.39 is 0 Å². The van der Waals surface area contributed by atoms with Gasteiger partial charge in [0.1, 0.15) is 0 Å². The number of allylic oxidation sites excluding steroid dienone is 1. The molecule has 5 rings (SSSR count). The lowest BCUT2D eigenvalue weighted by Gasteiger charge is -2.73. The van der Waals surface area contributed by atoms with E-state index in [4.69, 9.17) is 0 Å². The zero-order valence-corrected chi connectivity index (χ0v) is 21.4. The van der Waals surface area contributed by atoms with Gasteiger partial charge in [-0.05, 0) is 128 Å². The Balaban J connectivity index is 1.53. The fourth-order valence-electron chi connectivity index (χ4n) is 11.9. The van der Waals surface area contributed by atoms with E-state index in [2.05, 4.69) is 55.0 Å². The first-order chi connectivity index (χ1) is 13.9. The van der Waals surface area contributed by atoms with Gasteiger partial charge in [0.05, 0.1) is 0 Å². The van der Waals surface area contributed by atoms with Crippen LogP contribution in [0, 0.1) is 56.7 Å². The Hall–Kier alpha value is -0.260. The molecule has 170 valence electrons. The van der Waals surface area contributed by atoms with Gasteiger partial charge < -0.3 is 0 Å². The molecule has 0 aromatic heterocycles. The van der Waals surface area contributed by atoms with Gasteiger partial charge in [-0.1, -0.05) is 60.1 Å². The summed E-state index contributed by atoms with van der Waals surface area (Å²) >= 11 is 0. The highest BCUT2D eigenvalue weighted by atomic mass is 14.7. The summed E-state index contributed by atoms with van der Waals surface area (Å²) in [5.74, 6) is 4.54. The van der Waals surface area contributed by atoms with E-state index in [0.29, 0.717) is 27.1 Å². The average molecular weight is 411 g/mol. The molecule has 30 heavy (non-hydrogen) atoms. The van der Waals surface area contributed by atoms with Crippen molar-refractivity contribution in [2.45, 2.75) is 119 Å². The second kappa shape index (κ2) is 6.41. The fourth-order valence-corrected chi connectivity index (χ4v) is 11.9. The van der Waals surface area contributed by atoms with Crippen LogP contribution >= 0.6 is 0 Å². The minimum Gasteiger partial charge on any atom is -0.0999 e. The molecule has 0 heterocycles. The largest absolute Gasteiger partial charge is 0.0999 e. The van der Waals surface area contributed by atoms with Crippen LogP contribution in [0.4, 0.5) is 0 Å². The molecule has 5 aliphatic carbocycles.